The Hall–Kier alpha value is 0.650. The fourth-order valence-corrected chi connectivity index (χ4v) is 1.78. The Balaban J connectivity index is 2.35. The van der Waals surface area contributed by atoms with Gasteiger partial charge in [0.25, 0.3) is 0 Å². The van der Waals surface area contributed by atoms with Crippen LogP contribution in [-0.4, -0.2) is 26.9 Å². The molecule has 3 heteroatoms. The van der Waals surface area contributed by atoms with Gasteiger partial charge in [-0.15, -0.1) is 0 Å². The Morgan fingerprint density at radius 1 is 1.56 bits per heavy atom. The van der Waals surface area contributed by atoms with Crippen LogP contribution in [0.5, 0.6) is 0 Å². The number of piperidine rings is 1. The van der Waals surface area contributed by atoms with E-state index in [2.05, 4.69) is 32.9 Å². The van der Waals surface area contributed by atoms with Crippen molar-refractivity contribution < 1.29 is 5.11 Å². The summed E-state index contributed by atoms with van der Waals surface area (Å²) in [7, 11) is 0. The molecule has 54 valence electrons. The lowest BCUT2D eigenvalue weighted by molar-refractivity contribution is 0.0989. The smallest absolute Gasteiger partial charge is 0.0676 e. The summed E-state index contributed by atoms with van der Waals surface area (Å²) in [5, 5.41) is 9.15. The largest absolute Gasteiger partial charge is 0.392 e. The summed E-state index contributed by atoms with van der Waals surface area (Å²) in [6, 6.07) is 0.647. The summed E-state index contributed by atoms with van der Waals surface area (Å²) in [6.07, 6.45) is 2.02. The quantitative estimate of drug-likeness (QED) is 0.508. The van der Waals surface area contributed by atoms with Crippen LogP contribution in [0.15, 0.2) is 0 Å². The highest BCUT2D eigenvalue weighted by Gasteiger charge is 2.21. The van der Waals surface area contributed by atoms with E-state index in [9.17, 15) is 0 Å². The molecule has 0 unspecified atom stereocenters. The van der Waals surface area contributed by atoms with E-state index < -0.39 is 0 Å². The van der Waals surface area contributed by atoms with Gasteiger partial charge in [0.2, 0.25) is 0 Å². The van der Waals surface area contributed by atoms with Gasteiger partial charge in [0, 0.05) is 35.5 Å². The molecule has 0 bridgehead atoms. The summed E-state index contributed by atoms with van der Waals surface area (Å²) in [6.45, 7) is 3.03. The molecule has 0 spiro atoms. The fourth-order valence-electron chi connectivity index (χ4n) is 1.05. The molecule has 2 nitrogen and oxygen atoms in total. The van der Waals surface area contributed by atoms with Crippen molar-refractivity contribution in [1.29, 1.82) is 0 Å². The Kier molecular flexibility index (Phi) is 2.73. The zero-order valence-corrected chi connectivity index (χ0v) is 7.71. The summed E-state index contributed by atoms with van der Waals surface area (Å²) in [5.41, 5.74) is 0. The number of hydrogen-bond donors (Lipinski definition) is 1. The van der Waals surface area contributed by atoms with Crippen LogP contribution in [0.25, 0.3) is 0 Å². The average Bonchev–Trinajstić information content (AvgIpc) is 1.80. The van der Waals surface area contributed by atoms with Crippen LogP contribution in [0, 0.1) is 0 Å². The van der Waals surface area contributed by atoms with Gasteiger partial charge < -0.3 is 5.11 Å². The van der Waals surface area contributed by atoms with Crippen molar-refractivity contribution in [3.05, 3.63) is 0 Å². The molecular weight excluding hydrogens is 229 g/mol. The van der Waals surface area contributed by atoms with Gasteiger partial charge in [0.05, 0.1) is 6.10 Å². The zero-order valence-electron chi connectivity index (χ0n) is 5.55. The molecule has 1 aliphatic heterocycles. The number of aliphatic hydroxyl groups is 1. The Morgan fingerprint density at radius 3 is 2.67 bits per heavy atom. The molecule has 1 rings (SSSR count). The first-order chi connectivity index (χ1) is 4.20. The van der Waals surface area contributed by atoms with E-state index in [1.54, 1.807) is 0 Å². The number of β-amino-alcohol motifs (C(OH)–C–C–N with tert-alkyl or cyclic N) is 1. The van der Waals surface area contributed by atoms with Gasteiger partial charge in [-0.2, -0.15) is 0 Å². The zero-order chi connectivity index (χ0) is 6.85. The first-order valence-electron chi connectivity index (χ1n) is 3.30. The maximum absolute atomic E-state index is 9.15. The molecular formula is C6H12INO. The summed E-state index contributed by atoms with van der Waals surface area (Å²) in [4.78, 5) is 0. The van der Waals surface area contributed by atoms with Crippen LogP contribution < -0.4 is 0 Å². The second kappa shape index (κ2) is 3.16. The highest BCUT2D eigenvalue weighted by Crippen LogP contribution is 2.19. The van der Waals surface area contributed by atoms with Crippen LogP contribution in [0.1, 0.15) is 19.8 Å². The SMILES string of the molecule is C[C@H]1CC[C@H](O)CN1I. The molecule has 0 aliphatic carbocycles. The average molecular weight is 241 g/mol. The Labute approximate surface area is 69.7 Å². The number of rotatable bonds is 0. The number of halogens is 1. The fraction of sp³-hybridized carbons (Fsp3) is 1.00. The maximum atomic E-state index is 9.15. The minimum atomic E-state index is -0.0851. The van der Waals surface area contributed by atoms with Crippen molar-refractivity contribution in [2.75, 3.05) is 6.54 Å². The second-order valence-corrected chi connectivity index (χ2v) is 3.90. The molecule has 1 aliphatic rings. The first-order valence-corrected chi connectivity index (χ1v) is 4.27. The lowest BCUT2D eigenvalue weighted by Crippen LogP contribution is -2.37. The van der Waals surface area contributed by atoms with Gasteiger partial charge in [-0.3, -0.25) is 0 Å². The van der Waals surface area contributed by atoms with E-state index in [0.717, 1.165) is 19.4 Å². The molecule has 1 saturated heterocycles. The topological polar surface area (TPSA) is 23.5 Å². The monoisotopic (exact) mass is 241 g/mol. The first kappa shape index (κ1) is 7.75. The number of nitrogens with zero attached hydrogens (tertiary/aromatic N) is 1. The molecule has 0 aromatic heterocycles. The lowest BCUT2D eigenvalue weighted by Gasteiger charge is -2.30. The standard InChI is InChI=1S/C6H12INO/c1-5-2-3-6(9)4-8(5)7/h5-6,9H,2-4H2,1H3/t5-,6-/m0/s1. The molecule has 1 fully saturated rings. The van der Waals surface area contributed by atoms with E-state index in [1.807, 2.05) is 0 Å². The van der Waals surface area contributed by atoms with E-state index in [-0.39, 0.29) is 6.10 Å². The highest BCUT2D eigenvalue weighted by molar-refractivity contribution is 14.1. The van der Waals surface area contributed by atoms with Crippen molar-refractivity contribution >= 4 is 22.9 Å². The van der Waals surface area contributed by atoms with Crippen LogP contribution >= 0.6 is 22.9 Å². The van der Waals surface area contributed by atoms with E-state index in [4.69, 9.17) is 5.11 Å². The number of aliphatic hydroxyl groups excluding tert-OH is 1. The Morgan fingerprint density at radius 2 is 2.22 bits per heavy atom. The lowest BCUT2D eigenvalue weighted by atomic mass is 10.0. The van der Waals surface area contributed by atoms with Crippen LogP contribution in [-0.2, 0) is 0 Å². The molecule has 2 atom stereocenters. The molecule has 0 saturated carbocycles. The summed E-state index contributed by atoms with van der Waals surface area (Å²) >= 11 is 2.27. The maximum Gasteiger partial charge on any atom is 0.0676 e. The van der Waals surface area contributed by atoms with Gasteiger partial charge in [-0.05, 0) is 19.8 Å². The molecule has 0 aromatic rings. The van der Waals surface area contributed by atoms with Gasteiger partial charge in [0.15, 0.2) is 0 Å². The van der Waals surface area contributed by atoms with Crippen LogP contribution in [0.2, 0.25) is 0 Å². The normalized spacial score (nSPS) is 39.0. The van der Waals surface area contributed by atoms with Crippen molar-refractivity contribution in [2.24, 2.45) is 0 Å². The predicted octanol–water partition coefficient (Wildman–Crippen LogP) is 1.18. The molecule has 1 heterocycles. The molecule has 0 amide bonds. The highest BCUT2D eigenvalue weighted by atomic mass is 127. The predicted molar refractivity (Wildman–Crippen MR) is 45.4 cm³/mol. The van der Waals surface area contributed by atoms with E-state index in [0.29, 0.717) is 6.04 Å². The Bertz CT molecular complexity index is 99.1. The minimum absolute atomic E-state index is 0.0851. The van der Waals surface area contributed by atoms with E-state index in [1.165, 1.54) is 0 Å². The van der Waals surface area contributed by atoms with Gasteiger partial charge in [0.1, 0.15) is 0 Å². The molecule has 0 aromatic carbocycles. The third-order valence-electron chi connectivity index (χ3n) is 1.78. The van der Waals surface area contributed by atoms with Crippen molar-refractivity contribution in [3.8, 4) is 0 Å². The van der Waals surface area contributed by atoms with Crippen molar-refractivity contribution in [2.45, 2.75) is 31.9 Å². The summed E-state index contributed by atoms with van der Waals surface area (Å²) < 4.78 is 2.17. The molecule has 1 N–H and O–H groups in total. The van der Waals surface area contributed by atoms with Crippen LogP contribution in [0.3, 0.4) is 0 Å². The van der Waals surface area contributed by atoms with E-state index >= 15 is 0 Å². The third-order valence-corrected chi connectivity index (χ3v) is 3.13. The van der Waals surface area contributed by atoms with Crippen molar-refractivity contribution in [3.63, 3.8) is 0 Å². The number of hydrogen-bond acceptors (Lipinski definition) is 2. The molecule has 0 radical (unpaired) electrons. The van der Waals surface area contributed by atoms with Crippen LogP contribution in [0.4, 0.5) is 0 Å². The minimum Gasteiger partial charge on any atom is -0.392 e. The molecule has 9 heavy (non-hydrogen) atoms. The van der Waals surface area contributed by atoms with Crippen molar-refractivity contribution in [1.82, 2.24) is 3.11 Å². The van der Waals surface area contributed by atoms with Gasteiger partial charge >= 0.3 is 0 Å². The van der Waals surface area contributed by atoms with Gasteiger partial charge in [-0.25, -0.2) is 3.11 Å². The third kappa shape index (κ3) is 2.05. The summed E-state index contributed by atoms with van der Waals surface area (Å²) in [5.74, 6) is 0. The van der Waals surface area contributed by atoms with Gasteiger partial charge in [-0.1, -0.05) is 0 Å². The second-order valence-electron chi connectivity index (χ2n) is 2.66.